The topological polar surface area (TPSA) is 76.3 Å². The molecule has 1 saturated heterocycles. The molecule has 202 valence electrons. The van der Waals surface area contributed by atoms with Gasteiger partial charge in [-0.05, 0) is 72.2 Å². The molecule has 11 heteroatoms. The molecule has 7 nitrogen and oxygen atoms in total. The minimum absolute atomic E-state index is 0.129. The molecule has 1 aliphatic heterocycles. The molecule has 2 aromatic carbocycles. The van der Waals surface area contributed by atoms with Gasteiger partial charge in [0.25, 0.3) is 5.92 Å². The zero-order chi connectivity index (χ0) is 26.6. The summed E-state index contributed by atoms with van der Waals surface area (Å²) >= 11 is 0. The Kier molecular flexibility index (Phi) is 5.99. The Morgan fingerprint density at radius 1 is 1.03 bits per heavy atom. The molecule has 0 spiro atoms. The first-order valence-electron chi connectivity index (χ1n) is 12.8. The zero-order valence-corrected chi connectivity index (χ0v) is 20.7. The van der Waals surface area contributed by atoms with Crippen molar-refractivity contribution in [3.05, 3.63) is 72.1 Å². The van der Waals surface area contributed by atoms with E-state index in [1.807, 2.05) is 30.3 Å². The van der Waals surface area contributed by atoms with Crippen molar-refractivity contribution in [2.24, 2.45) is 10.8 Å². The van der Waals surface area contributed by atoms with E-state index >= 15 is 8.78 Å². The minimum Gasteiger partial charge on any atom is -0.490 e. The van der Waals surface area contributed by atoms with E-state index < -0.39 is 40.7 Å². The zero-order valence-electron chi connectivity index (χ0n) is 20.7. The van der Waals surface area contributed by atoms with Crippen LogP contribution < -0.4 is 4.74 Å². The van der Waals surface area contributed by atoms with Crippen LogP contribution >= 0.6 is 0 Å². The number of rotatable bonds is 9. The van der Waals surface area contributed by atoms with Gasteiger partial charge in [0.1, 0.15) is 29.8 Å². The molecular formula is C27H29F4N5O2. The number of para-hydroxylation sites is 1. The number of piperidine rings is 1. The maximum Gasteiger partial charge on any atom is 0.287 e. The highest BCUT2D eigenvalue weighted by atomic mass is 19.3. The molecule has 3 aliphatic carbocycles. The van der Waals surface area contributed by atoms with E-state index in [1.54, 1.807) is 0 Å². The van der Waals surface area contributed by atoms with Crippen LogP contribution in [0.25, 0.3) is 0 Å². The van der Waals surface area contributed by atoms with Crippen molar-refractivity contribution >= 4 is 0 Å². The second kappa shape index (κ2) is 9.01. The van der Waals surface area contributed by atoms with Crippen LogP contribution in [0.1, 0.15) is 37.7 Å². The van der Waals surface area contributed by atoms with E-state index in [9.17, 15) is 13.9 Å². The molecule has 0 unspecified atom stereocenters. The quantitative estimate of drug-likeness (QED) is 0.418. The number of likely N-dealkylation sites (tertiary alicyclic amines) is 1. The molecule has 1 N–H and O–H groups in total. The number of halogens is 4. The first kappa shape index (κ1) is 25.2. The molecule has 4 aliphatic rings. The van der Waals surface area contributed by atoms with E-state index in [1.165, 1.54) is 0 Å². The van der Waals surface area contributed by atoms with Crippen molar-refractivity contribution in [3.63, 3.8) is 0 Å². The van der Waals surface area contributed by atoms with Gasteiger partial charge in [0.2, 0.25) is 0 Å². The summed E-state index contributed by atoms with van der Waals surface area (Å²) in [4.78, 5) is 2.30. The fourth-order valence-electron chi connectivity index (χ4n) is 6.95. The van der Waals surface area contributed by atoms with E-state index in [-0.39, 0.29) is 30.8 Å². The predicted octanol–water partition coefficient (Wildman–Crippen LogP) is 4.19. The molecule has 7 rings (SSSR count). The van der Waals surface area contributed by atoms with Gasteiger partial charge < -0.3 is 14.7 Å². The average Bonchev–Trinajstić information content (AvgIpc) is 3.34. The molecule has 2 bridgehead atoms. The third-order valence-corrected chi connectivity index (χ3v) is 8.62. The molecule has 1 aromatic heterocycles. The number of aliphatic hydroxyl groups is 1. The Morgan fingerprint density at radius 2 is 1.74 bits per heavy atom. The van der Waals surface area contributed by atoms with Crippen molar-refractivity contribution in [3.8, 4) is 5.75 Å². The van der Waals surface area contributed by atoms with Crippen molar-refractivity contribution in [1.82, 2.24) is 25.1 Å². The van der Waals surface area contributed by atoms with Crippen molar-refractivity contribution < 1.29 is 27.4 Å². The minimum atomic E-state index is -3.71. The predicted molar refractivity (Wildman–Crippen MR) is 128 cm³/mol. The average molecular weight is 532 g/mol. The Hall–Kier alpha value is -3.05. The van der Waals surface area contributed by atoms with Crippen molar-refractivity contribution in [1.29, 1.82) is 0 Å². The summed E-state index contributed by atoms with van der Waals surface area (Å²) < 4.78 is 67.9. The van der Waals surface area contributed by atoms with E-state index in [0.29, 0.717) is 12.6 Å². The van der Waals surface area contributed by atoms with Gasteiger partial charge in [0, 0.05) is 36.7 Å². The Balaban J connectivity index is 1.13. The smallest absolute Gasteiger partial charge is 0.287 e. The van der Waals surface area contributed by atoms with Crippen molar-refractivity contribution in [2.75, 3.05) is 19.6 Å². The molecule has 2 heterocycles. The molecule has 3 aromatic rings. The van der Waals surface area contributed by atoms with Crippen LogP contribution in [0.15, 0.2) is 54.9 Å². The van der Waals surface area contributed by atoms with Gasteiger partial charge in [0.15, 0.2) is 5.60 Å². The SMILES string of the molecule is O[C@@](Cn1cnnn1)(c1ccc(F)cc1F)C(F)(F)C12CC(CN3CCC(Oc4ccccc4)CC3)(C1)C2. The summed E-state index contributed by atoms with van der Waals surface area (Å²) in [6, 6.07) is 11.9. The van der Waals surface area contributed by atoms with Crippen LogP contribution in [0.2, 0.25) is 0 Å². The summed E-state index contributed by atoms with van der Waals surface area (Å²) in [7, 11) is 0. The number of aromatic nitrogens is 4. The first-order valence-corrected chi connectivity index (χ1v) is 12.8. The molecule has 0 amide bonds. The van der Waals surface area contributed by atoms with Gasteiger partial charge in [-0.1, -0.05) is 18.2 Å². The third-order valence-electron chi connectivity index (χ3n) is 8.62. The van der Waals surface area contributed by atoms with Gasteiger partial charge in [-0.25, -0.2) is 22.2 Å². The highest BCUT2D eigenvalue weighted by Gasteiger charge is 2.81. The van der Waals surface area contributed by atoms with Crippen LogP contribution in [0, 0.1) is 22.5 Å². The highest BCUT2D eigenvalue weighted by molar-refractivity contribution is 5.34. The van der Waals surface area contributed by atoms with Gasteiger partial charge in [0.05, 0.1) is 6.54 Å². The number of hydrogen-bond donors (Lipinski definition) is 1. The normalized spacial score (nSPS) is 27.3. The van der Waals surface area contributed by atoms with Crippen LogP contribution in [0.4, 0.5) is 17.6 Å². The number of nitrogens with zero attached hydrogens (tertiary/aromatic N) is 5. The van der Waals surface area contributed by atoms with E-state index in [4.69, 9.17) is 4.74 Å². The Morgan fingerprint density at radius 3 is 2.37 bits per heavy atom. The summed E-state index contributed by atoms with van der Waals surface area (Å²) in [5.41, 5.74) is -5.34. The Labute approximate surface area is 217 Å². The lowest BCUT2D eigenvalue weighted by Gasteiger charge is -2.74. The fraction of sp³-hybridized carbons (Fsp3) is 0.519. The first-order chi connectivity index (χ1) is 18.1. The molecule has 1 atom stereocenters. The second-order valence-electron chi connectivity index (χ2n) is 11.3. The lowest BCUT2D eigenvalue weighted by Crippen LogP contribution is -2.76. The Bertz CT molecular complexity index is 1260. The summed E-state index contributed by atoms with van der Waals surface area (Å²) in [5, 5.41) is 22.0. The van der Waals surface area contributed by atoms with Crippen LogP contribution in [-0.4, -0.2) is 61.9 Å². The lowest BCUT2D eigenvalue weighted by atomic mass is 9.32. The highest BCUT2D eigenvalue weighted by Crippen LogP contribution is 2.80. The summed E-state index contributed by atoms with van der Waals surface area (Å²) in [6.45, 7) is 1.60. The number of tetrazole rings is 1. The molecule has 38 heavy (non-hydrogen) atoms. The van der Waals surface area contributed by atoms with Crippen LogP contribution in [0.5, 0.6) is 5.75 Å². The van der Waals surface area contributed by atoms with Gasteiger partial charge in [-0.2, -0.15) is 0 Å². The largest absolute Gasteiger partial charge is 0.490 e. The van der Waals surface area contributed by atoms with Gasteiger partial charge in [-0.3, -0.25) is 0 Å². The van der Waals surface area contributed by atoms with Gasteiger partial charge in [-0.15, -0.1) is 5.10 Å². The van der Waals surface area contributed by atoms with Crippen molar-refractivity contribution in [2.45, 2.75) is 56.3 Å². The molecule has 0 radical (unpaired) electrons. The number of hydrogen-bond acceptors (Lipinski definition) is 6. The van der Waals surface area contributed by atoms with Crippen LogP contribution in [-0.2, 0) is 12.1 Å². The standard InChI is InChI=1S/C27H29F4N5O2/c28-19-6-7-22(23(29)12-19)26(37,17-36-18-32-33-34-36)27(30,31)25-13-24(14-25,15-25)16-35-10-8-21(9-11-35)38-20-4-2-1-3-5-20/h1-7,12,18,21,37H,8-11,13-17H2/t24?,25?,26-/m0/s1. The lowest BCUT2D eigenvalue weighted by molar-refractivity contribution is -0.372. The van der Waals surface area contributed by atoms with Crippen LogP contribution in [0.3, 0.4) is 0 Å². The van der Waals surface area contributed by atoms with E-state index in [0.717, 1.165) is 54.8 Å². The number of ether oxygens (including phenoxy) is 1. The maximum atomic E-state index is 16.3. The third kappa shape index (κ3) is 4.07. The summed E-state index contributed by atoms with van der Waals surface area (Å²) in [5.74, 6) is -5.01. The van der Waals surface area contributed by atoms with Gasteiger partial charge >= 0.3 is 0 Å². The molecule has 4 fully saturated rings. The maximum absolute atomic E-state index is 16.3. The molecular weight excluding hydrogens is 502 g/mol. The second-order valence-corrected chi connectivity index (χ2v) is 11.3. The number of alkyl halides is 2. The number of benzene rings is 2. The van der Waals surface area contributed by atoms with E-state index in [2.05, 4.69) is 20.4 Å². The summed E-state index contributed by atoms with van der Waals surface area (Å²) in [6.07, 6.45) is 3.63. The monoisotopic (exact) mass is 531 g/mol. The fourth-order valence-corrected chi connectivity index (χ4v) is 6.95. The molecule has 3 saturated carbocycles.